The van der Waals surface area contributed by atoms with Crippen LogP contribution in [0.5, 0.6) is 0 Å². The minimum absolute atomic E-state index is 0.0226. The molecule has 2 heteroatoms. The van der Waals surface area contributed by atoms with E-state index < -0.39 is 0 Å². The molecule has 2 aliphatic carbocycles. The normalized spacial score (nSPS) is 48.8. The Morgan fingerprint density at radius 3 is 2.23 bits per heavy atom. The van der Waals surface area contributed by atoms with E-state index in [0.717, 1.165) is 11.8 Å². The predicted molar refractivity (Wildman–Crippen MR) is 50.0 cm³/mol. The topological polar surface area (TPSA) is 27.0 Å². The first-order valence-corrected chi connectivity index (χ1v) is 5.56. The molecule has 2 unspecified atom stereocenters. The van der Waals surface area contributed by atoms with Crippen LogP contribution < -0.4 is 0 Å². The lowest BCUT2D eigenvalue weighted by molar-refractivity contribution is 0.229. The Balaban J connectivity index is 1.84. The van der Waals surface area contributed by atoms with Gasteiger partial charge in [0.15, 0.2) is 0 Å². The highest BCUT2D eigenvalue weighted by atomic mass is 15.3. The van der Waals surface area contributed by atoms with E-state index in [1.807, 2.05) is 0 Å². The fraction of sp³-hybridized carbons (Fsp3) is 0.909. The van der Waals surface area contributed by atoms with E-state index in [4.69, 9.17) is 0 Å². The van der Waals surface area contributed by atoms with Gasteiger partial charge in [-0.15, -0.1) is 0 Å². The van der Waals surface area contributed by atoms with Crippen LogP contribution in [0.3, 0.4) is 0 Å². The number of hydrogen-bond donors (Lipinski definition) is 0. The van der Waals surface area contributed by atoms with Crippen molar-refractivity contribution in [3.8, 4) is 6.07 Å². The van der Waals surface area contributed by atoms with Gasteiger partial charge >= 0.3 is 0 Å². The molecule has 0 aromatic carbocycles. The van der Waals surface area contributed by atoms with Gasteiger partial charge in [0.2, 0.25) is 0 Å². The summed E-state index contributed by atoms with van der Waals surface area (Å²) in [5, 5.41) is 9.33. The number of likely N-dealkylation sites (tertiary alicyclic amines) is 1. The molecule has 1 saturated heterocycles. The number of nitrogens with zero attached hydrogens (tertiary/aromatic N) is 2. The third-order valence-corrected chi connectivity index (χ3v) is 4.35. The minimum atomic E-state index is 0.0226. The zero-order valence-corrected chi connectivity index (χ0v) is 8.00. The summed E-state index contributed by atoms with van der Waals surface area (Å²) in [7, 11) is 0. The van der Waals surface area contributed by atoms with Crippen molar-refractivity contribution in [1.29, 1.82) is 5.26 Å². The SMILES string of the molecule is N#CC1(N2CCCC2)C2CCCC21. The molecule has 1 heterocycles. The number of fused-ring (bicyclic) bond motifs is 1. The van der Waals surface area contributed by atoms with E-state index in [9.17, 15) is 5.26 Å². The summed E-state index contributed by atoms with van der Waals surface area (Å²) in [6, 6.07) is 2.62. The molecule has 2 nitrogen and oxygen atoms in total. The molecule has 3 aliphatic rings. The molecule has 0 spiro atoms. The third kappa shape index (κ3) is 0.814. The molecule has 3 fully saturated rings. The maximum atomic E-state index is 9.33. The molecule has 0 radical (unpaired) electrons. The maximum absolute atomic E-state index is 9.33. The standard InChI is InChI=1S/C11H16N2/c12-8-11(13-6-1-2-7-13)9-4-3-5-10(9)11/h9-10H,1-7H2. The van der Waals surface area contributed by atoms with Crippen molar-refractivity contribution in [2.45, 2.75) is 37.6 Å². The first kappa shape index (κ1) is 7.82. The molecule has 1 aliphatic heterocycles. The summed E-state index contributed by atoms with van der Waals surface area (Å²) in [6.07, 6.45) is 6.61. The Labute approximate surface area is 79.5 Å². The van der Waals surface area contributed by atoms with Gasteiger partial charge in [0.1, 0.15) is 5.54 Å². The lowest BCUT2D eigenvalue weighted by Crippen LogP contribution is -2.37. The molecule has 70 valence electrons. The van der Waals surface area contributed by atoms with Crippen molar-refractivity contribution in [2.75, 3.05) is 13.1 Å². The smallest absolute Gasteiger partial charge is 0.115 e. The van der Waals surface area contributed by atoms with Gasteiger partial charge in [0, 0.05) is 0 Å². The van der Waals surface area contributed by atoms with Gasteiger partial charge in [-0.1, -0.05) is 6.42 Å². The molecule has 3 rings (SSSR count). The van der Waals surface area contributed by atoms with Crippen LogP contribution in [-0.2, 0) is 0 Å². The zero-order chi connectivity index (χ0) is 8.89. The molecule has 0 aromatic heterocycles. The monoisotopic (exact) mass is 176 g/mol. The van der Waals surface area contributed by atoms with Crippen LogP contribution in [0.4, 0.5) is 0 Å². The van der Waals surface area contributed by atoms with Crippen LogP contribution >= 0.6 is 0 Å². The summed E-state index contributed by atoms with van der Waals surface area (Å²) in [5.74, 6) is 1.49. The van der Waals surface area contributed by atoms with Gasteiger partial charge in [-0.2, -0.15) is 5.26 Å². The lowest BCUT2D eigenvalue weighted by Gasteiger charge is -2.24. The van der Waals surface area contributed by atoms with E-state index in [-0.39, 0.29) is 5.54 Å². The van der Waals surface area contributed by atoms with Crippen LogP contribution in [0.1, 0.15) is 32.1 Å². The van der Waals surface area contributed by atoms with Gasteiger partial charge in [0.25, 0.3) is 0 Å². The van der Waals surface area contributed by atoms with Crippen molar-refractivity contribution < 1.29 is 0 Å². The van der Waals surface area contributed by atoms with Crippen molar-refractivity contribution in [3.05, 3.63) is 0 Å². The first-order valence-electron chi connectivity index (χ1n) is 5.56. The summed E-state index contributed by atoms with van der Waals surface area (Å²) in [5.41, 5.74) is 0.0226. The van der Waals surface area contributed by atoms with Crippen LogP contribution in [0, 0.1) is 23.2 Å². The molecule has 2 saturated carbocycles. The second-order valence-electron chi connectivity index (χ2n) is 4.78. The van der Waals surface area contributed by atoms with Crippen molar-refractivity contribution >= 4 is 0 Å². The summed E-state index contributed by atoms with van der Waals surface area (Å²) in [6.45, 7) is 2.36. The van der Waals surface area contributed by atoms with Crippen LogP contribution in [-0.4, -0.2) is 23.5 Å². The Morgan fingerprint density at radius 2 is 1.69 bits per heavy atom. The fourth-order valence-electron chi connectivity index (χ4n) is 3.71. The molecule has 0 aromatic rings. The first-order chi connectivity index (χ1) is 6.39. The minimum Gasteiger partial charge on any atom is -0.285 e. The average Bonchev–Trinajstić information content (AvgIpc) is 2.71. The molecule has 0 bridgehead atoms. The van der Waals surface area contributed by atoms with Gasteiger partial charge in [-0.25, -0.2) is 0 Å². The highest BCUT2D eigenvalue weighted by molar-refractivity contribution is 5.32. The molecule has 13 heavy (non-hydrogen) atoms. The van der Waals surface area contributed by atoms with E-state index in [1.165, 1.54) is 45.2 Å². The zero-order valence-electron chi connectivity index (χ0n) is 8.00. The fourth-order valence-corrected chi connectivity index (χ4v) is 3.71. The second kappa shape index (κ2) is 2.48. The van der Waals surface area contributed by atoms with E-state index in [2.05, 4.69) is 11.0 Å². The van der Waals surface area contributed by atoms with Crippen LogP contribution in [0.25, 0.3) is 0 Å². The summed E-state index contributed by atoms with van der Waals surface area (Å²) in [4.78, 5) is 2.47. The lowest BCUT2D eigenvalue weighted by atomic mass is 10.1. The third-order valence-electron chi connectivity index (χ3n) is 4.35. The second-order valence-corrected chi connectivity index (χ2v) is 4.78. The molecule has 0 N–H and O–H groups in total. The van der Waals surface area contributed by atoms with Crippen molar-refractivity contribution in [1.82, 2.24) is 4.90 Å². The Morgan fingerprint density at radius 1 is 1.08 bits per heavy atom. The van der Waals surface area contributed by atoms with E-state index >= 15 is 0 Å². The summed E-state index contributed by atoms with van der Waals surface area (Å²) >= 11 is 0. The van der Waals surface area contributed by atoms with Crippen molar-refractivity contribution in [2.24, 2.45) is 11.8 Å². The molecule has 0 amide bonds. The number of rotatable bonds is 1. The van der Waals surface area contributed by atoms with E-state index in [1.54, 1.807) is 0 Å². The van der Waals surface area contributed by atoms with Gasteiger partial charge in [-0.3, -0.25) is 4.90 Å². The highest BCUT2D eigenvalue weighted by Crippen LogP contribution is 2.63. The Hall–Kier alpha value is -0.550. The highest BCUT2D eigenvalue weighted by Gasteiger charge is 2.69. The number of nitriles is 1. The van der Waals surface area contributed by atoms with Gasteiger partial charge in [0.05, 0.1) is 6.07 Å². The van der Waals surface area contributed by atoms with Crippen molar-refractivity contribution in [3.63, 3.8) is 0 Å². The summed E-state index contributed by atoms with van der Waals surface area (Å²) < 4.78 is 0. The number of hydrogen-bond acceptors (Lipinski definition) is 2. The Bertz CT molecular complexity index is 250. The molecular weight excluding hydrogens is 160 g/mol. The quantitative estimate of drug-likeness (QED) is 0.609. The van der Waals surface area contributed by atoms with Gasteiger partial charge in [-0.05, 0) is 50.6 Å². The van der Waals surface area contributed by atoms with Gasteiger partial charge < -0.3 is 0 Å². The molecule has 2 atom stereocenters. The Kier molecular flexibility index (Phi) is 1.49. The molecular formula is C11H16N2. The van der Waals surface area contributed by atoms with E-state index in [0.29, 0.717) is 0 Å². The average molecular weight is 176 g/mol. The largest absolute Gasteiger partial charge is 0.285 e. The van der Waals surface area contributed by atoms with Crippen LogP contribution in [0.2, 0.25) is 0 Å². The predicted octanol–water partition coefficient (Wildman–Crippen LogP) is 1.77. The maximum Gasteiger partial charge on any atom is 0.115 e. The van der Waals surface area contributed by atoms with Crippen LogP contribution in [0.15, 0.2) is 0 Å².